The van der Waals surface area contributed by atoms with E-state index in [2.05, 4.69) is 206 Å². The normalized spacial score (nSPS) is 13.7. The van der Waals surface area contributed by atoms with Gasteiger partial charge in [-0.05, 0) is 94.3 Å². The van der Waals surface area contributed by atoms with E-state index in [1.165, 1.54) is 71.9 Å². The fraction of sp³-hybridized carbons (Fsp3) is 0.0714. The third-order valence-corrected chi connectivity index (χ3v) is 13.0. The summed E-state index contributed by atoms with van der Waals surface area (Å²) in [7, 11) is 0. The molecule has 0 bridgehead atoms. The second kappa shape index (κ2) is 12.8. The molecule has 0 saturated heterocycles. The van der Waals surface area contributed by atoms with E-state index in [1.54, 1.807) is 0 Å². The molecule has 8 aromatic carbocycles. The molecule has 2 aliphatic rings. The molecule has 0 N–H and O–H groups in total. The molecule has 278 valence electrons. The summed E-state index contributed by atoms with van der Waals surface area (Å²) in [4.78, 5) is 10.3. The van der Waals surface area contributed by atoms with Crippen molar-refractivity contribution in [2.24, 2.45) is 0 Å². The van der Waals surface area contributed by atoms with Gasteiger partial charge in [-0.25, -0.2) is 9.97 Å². The van der Waals surface area contributed by atoms with E-state index < -0.39 is 5.41 Å². The van der Waals surface area contributed by atoms with Crippen molar-refractivity contribution in [3.8, 4) is 39.3 Å². The highest BCUT2D eigenvalue weighted by Crippen LogP contribution is 2.62. The molecule has 2 aliphatic carbocycles. The van der Waals surface area contributed by atoms with Crippen LogP contribution in [0.15, 0.2) is 194 Å². The highest BCUT2D eigenvalue weighted by atomic mass is 15.0. The Labute approximate surface area is 344 Å². The molecular weight excluding hydrogens is 715 g/mol. The molecule has 0 fully saturated rings. The molecule has 3 nitrogen and oxygen atoms in total. The van der Waals surface area contributed by atoms with Crippen molar-refractivity contribution in [3.63, 3.8) is 0 Å². The van der Waals surface area contributed by atoms with Crippen LogP contribution in [0.25, 0.3) is 61.1 Å². The fourth-order valence-electron chi connectivity index (χ4n) is 10.7. The van der Waals surface area contributed by atoms with Gasteiger partial charge in [0.05, 0.1) is 27.8 Å². The number of benzene rings is 8. The van der Waals surface area contributed by atoms with Gasteiger partial charge in [-0.15, -0.1) is 0 Å². The van der Waals surface area contributed by atoms with E-state index in [1.807, 2.05) is 6.92 Å². The van der Waals surface area contributed by atoms with Crippen LogP contribution in [-0.2, 0) is 5.41 Å². The van der Waals surface area contributed by atoms with Crippen molar-refractivity contribution in [3.05, 3.63) is 244 Å². The first-order valence-corrected chi connectivity index (χ1v) is 20.5. The third kappa shape index (κ3) is 4.76. The van der Waals surface area contributed by atoms with Gasteiger partial charge in [-0.2, -0.15) is 0 Å². The molecule has 0 unspecified atom stereocenters. The summed E-state index contributed by atoms with van der Waals surface area (Å²) in [5.74, 6) is 0.707. The number of aryl methyl sites for hydroxylation is 1. The van der Waals surface area contributed by atoms with Crippen molar-refractivity contribution in [2.75, 3.05) is 0 Å². The molecule has 2 heterocycles. The zero-order valence-corrected chi connectivity index (χ0v) is 32.9. The van der Waals surface area contributed by atoms with Crippen LogP contribution in [0.1, 0.15) is 56.2 Å². The quantitative estimate of drug-likeness (QED) is 0.179. The minimum Gasteiger partial charge on any atom is -0.309 e. The number of para-hydroxylation sites is 2. The summed E-state index contributed by atoms with van der Waals surface area (Å²) >= 11 is 0. The van der Waals surface area contributed by atoms with Crippen molar-refractivity contribution >= 4 is 21.8 Å². The van der Waals surface area contributed by atoms with E-state index in [-0.39, 0.29) is 5.92 Å². The van der Waals surface area contributed by atoms with Crippen molar-refractivity contribution in [1.29, 1.82) is 0 Å². The standard InChI is InChI=1S/C56H39N3/c1-35-54(37-18-4-3-5-19-37)57-36(2)58-55(35)39-32-38(33-40(34-39)59-51-30-16-10-22-43(51)44-23-11-17-31-52(44)59)53-45-24-8-14-28-49(45)56(50-29-15-9-25-46(50)53)47-26-12-6-20-41(47)42-21-7-13-27-48(42)56/h3-34,53H,1-2H3. The molecule has 0 amide bonds. The molecule has 10 aromatic rings. The first kappa shape index (κ1) is 33.7. The predicted molar refractivity (Wildman–Crippen MR) is 241 cm³/mol. The average molecular weight is 754 g/mol. The third-order valence-electron chi connectivity index (χ3n) is 13.0. The Balaban J connectivity index is 1.18. The van der Waals surface area contributed by atoms with Crippen LogP contribution in [0.2, 0.25) is 0 Å². The Morgan fingerprint density at radius 2 is 0.915 bits per heavy atom. The molecule has 12 rings (SSSR count). The maximum atomic E-state index is 5.24. The minimum absolute atomic E-state index is 0.0448. The van der Waals surface area contributed by atoms with Gasteiger partial charge in [0.1, 0.15) is 5.82 Å². The van der Waals surface area contributed by atoms with Crippen molar-refractivity contribution < 1.29 is 0 Å². The molecule has 59 heavy (non-hydrogen) atoms. The van der Waals surface area contributed by atoms with Crippen molar-refractivity contribution in [1.82, 2.24) is 14.5 Å². The van der Waals surface area contributed by atoms with Crippen LogP contribution in [-0.4, -0.2) is 14.5 Å². The zero-order chi connectivity index (χ0) is 39.2. The van der Waals surface area contributed by atoms with Gasteiger partial charge in [-0.1, -0.05) is 164 Å². The Morgan fingerprint density at radius 1 is 0.441 bits per heavy atom. The number of hydrogen-bond donors (Lipinski definition) is 0. The van der Waals surface area contributed by atoms with E-state index in [0.29, 0.717) is 0 Å². The monoisotopic (exact) mass is 753 g/mol. The van der Waals surface area contributed by atoms with Gasteiger partial charge in [0.25, 0.3) is 0 Å². The summed E-state index contributed by atoms with van der Waals surface area (Å²) < 4.78 is 2.45. The lowest BCUT2D eigenvalue weighted by Crippen LogP contribution is -2.36. The largest absolute Gasteiger partial charge is 0.309 e. The second-order valence-electron chi connectivity index (χ2n) is 16.1. The van der Waals surface area contributed by atoms with Crippen LogP contribution in [0.5, 0.6) is 0 Å². The van der Waals surface area contributed by atoms with Crippen LogP contribution in [0.4, 0.5) is 0 Å². The average Bonchev–Trinajstić information content (AvgIpc) is 3.78. The lowest BCUT2D eigenvalue weighted by Gasteiger charge is -2.43. The lowest BCUT2D eigenvalue weighted by atomic mass is 9.58. The Hall–Kier alpha value is -7.36. The van der Waals surface area contributed by atoms with Gasteiger partial charge in [0.15, 0.2) is 0 Å². The molecule has 0 saturated carbocycles. The van der Waals surface area contributed by atoms with Crippen LogP contribution < -0.4 is 0 Å². The van der Waals surface area contributed by atoms with Crippen molar-refractivity contribution in [2.45, 2.75) is 25.2 Å². The lowest BCUT2D eigenvalue weighted by molar-refractivity contribution is 0.697. The molecule has 0 aliphatic heterocycles. The van der Waals surface area contributed by atoms with Gasteiger partial charge in [0.2, 0.25) is 0 Å². The number of aromatic nitrogens is 3. The van der Waals surface area contributed by atoms with E-state index >= 15 is 0 Å². The number of rotatable bonds is 4. The zero-order valence-electron chi connectivity index (χ0n) is 32.9. The highest BCUT2D eigenvalue weighted by molar-refractivity contribution is 6.09. The molecule has 0 atom stereocenters. The molecule has 2 aromatic heterocycles. The summed E-state index contributed by atoms with van der Waals surface area (Å²) in [6.45, 7) is 4.19. The van der Waals surface area contributed by atoms with Gasteiger partial charge in [-0.3, -0.25) is 0 Å². The second-order valence-corrected chi connectivity index (χ2v) is 16.1. The number of nitrogens with zero attached hydrogens (tertiary/aromatic N) is 3. The van der Waals surface area contributed by atoms with Gasteiger partial charge < -0.3 is 4.57 Å². The molecule has 3 heteroatoms. The van der Waals surface area contributed by atoms with Crippen LogP contribution in [0, 0.1) is 13.8 Å². The molecule has 1 spiro atoms. The first-order valence-electron chi connectivity index (χ1n) is 20.5. The Bertz CT molecular complexity index is 3170. The summed E-state index contributed by atoms with van der Waals surface area (Å²) in [5.41, 5.74) is 20.0. The van der Waals surface area contributed by atoms with Gasteiger partial charge >= 0.3 is 0 Å². The smallest absolute Gasteiger partial charge is 0.126 e. The minimum atomic E-state index is -0.449. The highest BCUT2D eigenvalue weighted by Gasteiger charge is 2.51. The fourth-order valence-corrected chi connectivity index (χ4v) is 10.7. The van der Waals surface area contributed by atoms with E-state index in [9.17, 15) is 0 Å². The van der Waals surface area contributed by atoms with E-state index in [0.717, 1.165) is 39.6 Å². The summed E-state index contributed by atoms with van der Waals surface area (Å²) in [6.07, 6.45) is 0. The number of fused-ring (bicyclic) bond motifs is 12. The maximum absolute atomic E-state index is 5.24. The summed E-state index contributed by atoms with van der Waals surface area (Å²) in [6, 6.07) is 71.8. The van der Waals surface area contributed by atoms with E-state index in [4.69, 9.17) is 9.97 Å². The molecular formula is C56H39N3. The first-order chi connectivity index (χ1) is 29.1. The topological polar surface area (TPSA) is 30.7 Å². The molecule has 0 radical (unpaired) electrons. The predicted octanol–water partition coefficient (Wildman–Crippen LogP) is 13.4. The van der Waals surface area contributed by atoms with Crippen LogP contribution >= 0.6 is 0 Å². The Morgan fingerprint density at radius 3 is 1.51 bits per heavy atom. The summed E-state index contributed by atoms with van der Waals surface area (Å²) in [5, 5.41) is 2.48. The number of hydrogen-bond acceptors (Lipinski definition) is 2. The SMILES string of the molecule is Cc1nc(-c2ccccc2)c(C)c(-c2cc(C3c4ccccc4C4(c5ccccc5-c5ccccc54)c4ccccc43)cc(-n3c4ccccc4c4ccccc43)c2)n1. The van der Waals surface area contributed by atoms with Crippen LogP contribution in [0.3, 0.4) is 0 Å². The Kier molecular flexibility index (Phi) is 7.34. The van der Waals surface area contributed by atoms with Gasteiger partial charge in [0, 0.05) is 39.1 Å². The maximum Gasteiger partial charge on any atom is 0.126 e.